The molecular weight excluding hydrogens is 233 g/mol. The average molecular weight is 253 g/mol. The summed E-state index contributed by atoms with van der Waals surface area (Å²) < 4.78 is 19.6. The van der Waals surface area contributed by atoms with Crippen LogP contribution in [-0.2, 0) is 4.74 Å². The van der Waals surface area contributed by atoms with E-state index in [0.717, 1.165) is 6.42 Å². The number of hydrogen-bond acceptors (Lipinski definition) is 3. The molecule has 0 aromatic heterocycles. The molecule has 0 bridgehead atoms. The highest BCUT2D eigenvalue weighted by Gasteiger charge is 2.30. The smallest absolute Gasteiger partial charge is 0.146 e. The summed E-state index contributed by atoms with van der Waals surface area (Å²) in [6.45, 7) is 4.35. The Kier molecular flexibility index (Phi) is 3.88. The van der Waals surface area contributed by atoms with Gasteiger partial charge in [-0.05, 0) is 26.3 Å². The highest BCUT2D eigenvalue weighted by Crippen LogP contribution is 2.32. The molecule has 1 heterocycles. The molecule has 1 aromatic rings. The minimum Gasteiger partial charge on any atom is -0.389 e. The van der Waals surface area contributed by atoms with Gasteiger partial charge in [-0.25, -0.2) is 4.39 Å². The monoisotopic (exact) mass is 253 g/mol. The lowest BCUT2D eigenvalue weighted by atomic mass is 10.0. The van der Waals surface area contributed by atoms with E-state index in [2.05, 4.69) is 0 Å². The summed E-state index contributed by atoms with van der Waals surface area (Å²) in [7, 11) is 1.86. The Bertz CT molecular complexity index is 422. The molecule has 0 amide bonds. The Balaban J connectivity index is 2.37. The van der Waals surface area contributed by atoms with Crippen molar-refractivity contribution in [3.05, 3.63) is 29.6 Å². The number of likely N-dealkylation sites (N-methyl/N-ethyl adjacent to an activating group) is 1. The normalized spacial score (nSPS) is 25.2. The predicted molar refractivity (Wildman–Crippen MR) is 69.3 cm³/mol. The van der Waals surface area contributed by atoms with E-state index in [0.29, 0.717) is 17.9 Å². The van der Waals surface area contributed by atoms with E-state index in [4.69, 9.17) is 4.74 Å². The van der Waals surface area contributed by atoms with Crippen molar-refractivity contribution < 1.29 is 14.2 Å². The van der Waals surface area contributed by atoms with E-state index in [9.17, 15) is 9.50 Å². The Morgan fingerprint density at radius 3 is 2.78 bits per heavy atom. The van der Waals surface area contributed by atoms with Crippen molar-refractivity contribution in [2.45, 2.75) is 38.5 Å². The van der Waals surface area contributed by atoms with Crippen LogP contribution in [0.1, 0.15) is 31.9 Å². The molecule has 100 valence electrons. The SMILES string of the molecule is CC(O)c1cccc(F)c1N(C)C1CCOC1C. The van der Waals surface area contributed by atoms with Gasteiger partial charge in [-0.1, -0.05) is 12.1 Å². The van der Waals surface area contributed by atoms with Crippen molar-refractivity contribution >= 4 is 5.69 Å². The minimum absolute atomic E-state index is 0.0801. The summed E-state index contributed by atoms with van der Waals surface area (Å²) in [6, 6.07) is 4.97. The maximum absolute atomic E-state index is 14.0. The second kappa shape index (κ2) is 5.24. The third kappa shape index (κ3) is 2.35. The first-order valence-corrected chi connectivity index (χ1v) is 6.33. The molecular formula is C14H20FNO2. The van der Waals surface area contributed by atoms with Crippen LogP contribution in [-0.4, -0.2) is 30.9 Å². The number of para-hydroxylation sites is 1. The van der Waals surface area contributed by atoms with Crippen LogP contribution in [0.4, 0.5) is 10.1 Å². The van der Waals surface area contributed by atoms with E-state index in [-0.39, 0.29) is 18.0 Å². The highest BCUT2D eigenvalue weighted by atomic mass is 19.1. The fourth-order valence-electron chi connectivity index (χ4n) is 2.64. The molecule has 3 atom stereocenters. The molecule has 1 saturated heterocycles. The summed E-state index contributed by atoms with van der Waals surface area (Å²) in [5, 5.41) is 9.76. The zero-order valence-corrected chi connectivity index (χ0v) is 11.1. The lowest BCUT2D eigenvalue weighted by Gasteiger charge is -2.31. The van der Waals surface area contributed by atoms with Crippen molar-refractivity contribution in [3.8, 4) is 0 Å². The van der Waals surface area contributed by atoms with Crippen molar-refractivity contribution in [1.82, 2.24) is 0 Å². The molecule has 3 unspecified atom stereocenters. The van der Waals surface area contributed by atoms with Crippen LogP contribution in [0.3, 0.4) is 0 Å². The molecule has 1 N–H and O–H groups in total. The largest absolute Gasteiger partial charge is 0.389 e. The number of benzene rings is 1. The zero-order chi connectivity index (χ0) is 13.3. The van der Waals surface area contributed by atoms with Gasteiger partial charge in [0, 0.05) is 19.2 Å². The molecule has 1 aromatic carbocycles. The van der Waals surface area contributed by atoms with Gasteiger partial charge in [0.1, 0.15) is 5.82 Å². The van der Waals surface area contributed by atoms with Gasteiger partial charge < -0.3 is 14.7 Å². The fraction of sp³-hybridized carbons (Fsp3) is 0.571. The molecule has 1 aliphatic rings. The van der Waals surface area contributed by atoms with Gasteiger partial charge >= 0.3 is 0 Å². The van der Waals surface area contributed by atoms with Crippen LogP contribution in [0, 0.1) is 5.82 Å². The van der Waals surface area contributed by atoms with Gasteiger partial charge in [0.05, 0.1) is 23.9 Å². The molecule has 0 aliphatic carbocycles. The maximum atomic E-state index is 14.0. The van der Waals surface area contributed by atoms with Gasteiger partial charge in [0.15, 0.2) is 0 Å². The van der Waals surface area contributed by atoms with Crippen molar-refractivity contribution in [2.75, 3.05) is 18.6 Å². The van der Waals surface area contributed by atoms with Crippen LogP contribution in [0.15, 0.2) is 18.2 Å². The van der Waals surface area contributed by atoms with E-state index in [1.54, 1.807) is 19.1 Å². The fourth-order valence-corrected chi connectivity index (χ4v) is 2.64. The molecule has 1 aliphatic heterocycles. The van der Waals surface area contributed by atoms with E-state index >= 15 is 0 Å². The van der Waals surface area contributed by atoms with Crippen LogP contribution < -0.4 is 4.90 Å². The van der Waals surface area contributed by atoms with E-state index < -0.39 is 6.10 Å². The number of aliphatic hydroxyl groups excluding tert-OH is 1. The summed E-state index contributed by atoms with van der Waals surface area (Å²) in [4.78, 5) is 1.90. The Morgan fingerprint density at radius 2 is 2.22 bits per heavy atom. The second-order valence-electron chi connectivity index (χ2n) is 4.90. The average Bonchev–Trinajstić information content (AvgIpc) is 2.74. The number of rotatable bonds is 3. The van der Waals surface area contributed by atoms with Crippen LogP contribution in [0.5, 0.6) is 0 Å². The third-order valence-electron chi connectivity index (χ3n) is 3.65. The summed E-state index contributed by atoms with van der Waals surface area (Å²) in [5.74, 6) is -0.296. The molecule has 0 spiro atoms. The molecule has 1 fully saturated rings. The number of aliphatic hydroxyl groups is 1. The van der Waals surface area contributed by atoms with Crippen molar-refractivity contribution in [1.29, 1.82) is 0 Å². The first-order valence-electron chi connectivity index (χ1n) is 6.33. The minimum atomic E-state index is -0.684. The molecule has 2 rings (SSSR count). The van der Waals surface area contributed by atoms with E-state index in [1.165, 1.54) is 6.07 Å². The van der Waals surface area contributed by atoms with E-state index in [1.807, 2.05) is 18.9 Å². The molecule has 0 radical (unpaired) electrons. The third-order valence-corrected chi connectivity index (χ3v) is 3.65. The summed E-state index contributed by atoms with van der Waals surface area (Å²) >= 11 is 0. The standard InChI is InChI=1S/C14H20FNO2/c1-9(17)11-5-4-6-12(15)14(11)16(3)13-7-8-18-10(13)2/h4-6,9-10,13,17H,7-8H2,1-3H3. The lowest BCUT2D eigenvalue weighted by Crippen LogP contribution is -2.38. The topological polar surface area (TPSA) is 32.7 Å². The lowest BCUT2D eigenvalue weighted by molar-refractivity contribution is 0.118. The Hall–Kier alpha value is -1.13. The Labute approximate surface area is 107 Å². The van der Waals surface area contributed by atoms with Gasteiger partial charge in [-0.2, -0.15) is 0 Å². The molecule has 3 nitrogen and oxygen atoms in total. The number of anilines is 1. The second-order valence-corrected chi connectivity index (χ2v) is 4.90. The molecule has 0 saturated carbocycles. The zero-order valence-electron chi connectivity index (χ0n) is 11.1. The van der Waals surface area contributed by atoms with Crippen LogP contribution >= 0.6 is 0 Å². The number of nitrogens with zero attached hydrogens (tertiary/aromatic N) is 1. The Morgan fingerprint density at radius 1 is 1.50 bits per heavy atom. The van der Waals surface area contributed by atoms with Gasteiger partial charge in [-0.15, -0.1) is 0 Å². The van der Waals surface area contributed by atoms with Crippen molar-refractivity contribution in [3.63, 3.8) is 0 Å². The first kappa shape index (κ1) is 13.3. The predicted octanol–water partition coefficient (Wildman–Crippen LogP) is 2.49. The van der Waals surface area contributed by atoms with Gasteiger partial charge in [0.25, 0.3) is 0 Å². The summed E-state index contributed by atoms with van der Waals surface area (Å²) in [6.07, 6.45) is 0.276. The number of halogens is 1. The quantitative estimate of drug-likeness (QED) is 0.898. The number of ether oxygens (including phenoxy) is 1. The van der Waals surface area contributed by atoms with Crippen molar-refractivity contribution in [2.24, 2.45) is 0 Å². The highest BCUT2D eigenvalue weighted by molar-refractivity contribution is 5.56. The number of hydrogen-bond donors (Lipinski definition) is 1. The van der Waals surface area contributed by atoms with Crippen LogP contribution in [0.2, 0.25) is 0 Å². The molecule has 4 heteroatoms. The first-order chi connectivity index (χ1) is 8.52. The molecule has 18 heavy (non-hydrogen) atoms. The maximum Gasteiger partial charge on any atom is 0.146 e. The van der Waals surface area contributed by atoms with Gasteiger partial charge in [0.2, 0.25) is 0 Å². The van der Waals surface area contributed by atoms with Gasteiger partial charge in [-0.3, -0.25) is 0 Å². The van der Waals surface area contributed by atoms with Crippen LogP contribution in [0.25, 0.3) is 0 Å². The summed E-state index contributed by atoms with van der Waals surface area (Å²) in [5.41, 5.74) is 1.10.